The minimum atomic E-state index is -0.0115. The maximum atomic E-state index is 12.9. The van der Waals surface area contributed by atoms with Crippen molar-refractivity contribution < 1.29 is 9.53 Å². The molecule has 5 nitrogen and oxygen atoms in total. The van der Waals surface area contributed by atoms with Gasteiger partial charge in [-0.3, -0.25) is 4.79 Å². The zero-order valence-electron chi connectivity index (χ0n) is 13.3. The van der Waals surface area contributed by atoms with Gasteiger partial charge in [0.15, 0.2) is 0 Å². The molecule has 0 unspecified atom stereocenters. The number of nitrogens with zero attached hydrogens (tertiary/aromatic N) is 2. The first-order chi connectivity index (χ1) is 10.7. The van der Waals surface area contributed by atoms with Gasteiger partial charge < -0.3 is 15.0 Å². The van der Waals surface area contributed by atoms with Crippen molar-refractivity contribution in [1.82, 2.24) is 15.2 Å². The van der Waals surface area contributed by atoms with Crippen LogP contribution in [0.3, 0.4) is 0 Å². The Morgan fingerprint density at radius 1 is 1.41 bits per heavy atom. The summed E-state index contributed by atoms with van der Waals surface area (Å²) in [5, 5.41) is 6.58. The highest BCUT2D eigenvalue weighted by molar-refractivity contribution is 7.09. The van der Waals surface area contributed by atoms with E-state index in [1.807, 2.05) is 5.38 Å². The first-order valence-corrected chi connectivity index (χ1v) is 9.14. The van der Waals surface area contributed by atoms with Crippen LogP contribution in [0.15, 0.2) is 5.38 Å². The molecule has 2 saturated heterocycles. The molecule has 3 heterocycles. The van der Waals surface area contributed by atoms with Crippen molar-refractivity contribution in [2.45, 2.75) is 44.6 Å². The van der Waals surface area contributed by atoms with Crippen LogP contribution < -0.4 is 5.32 Å². The average Bonchev–Trinajstić information content (AvgIpc) is 2.89. The number of hydrogen-bond acceptors (Lipinski definition) is 5. The summed E-state index contributed by atoms with van der Waals surface area (Å²) in [6.07, 6.45) is 4.31. The van der Waals surface area contributed by atoms with Crippen molar-refractivity contribution in [3.63, 3.8) is 0 Å². The lowest BCUT2D eigenvalue weighted by atomic mass is 9.84. The molecule has 1 aromatic rings. The second kappa shape index (κ2) is 7.06. The summed E-state index contributed by atoms with van der Waals surface area (Å²) in [6.45, 7) is 6.29. The molecule has 2 aliphatic rings. The molecular formula is C16H25N3O2S. The Morgan fingerprint density at radius 2 is 2.23 bits per heavy atom. The molecule has 1 aromatic heterocycles. The van der Waals surface area contributed by atoms with Gasteiger partial charge in [0.2, 0.25) is 5.91 Å². The maximum Gasteiger partial charge on any atom is 0.229 e. The molecule has 0 bridgehead atoms. The van der Waals surface area contributed by atoms with Crippen molar-refractivity contribution in [3.05, 3.63) is 16.1 Å². The average molecular weight is 323 g/mol. The van der Waals surface area contributed by atoms with E-state index in [9.17, 15) is 4.79 Å². The largest absolute Gasteiger partial charge is 0.381 e. The van der Waals surface area contributed by atoms with Gasteiger partial charge in [-0.25, -0.2) is 4.98 Å². The molecule has 2 fully saturated rings. The van der Waals surface area contributed by atoms with Crippen molar-refractivity contribution in [3.8, 4) is 0 Å². The molecule has 0 saturated carbocycles. The van der Waals surface area contributed by atoms with Crippen LogP contribution in [0.2, 0.25) is 0 Å². The Hall–Kier alpha value is -0.980. The lowest BCUT2D eigenvalue weighted by Crippen LogP contribution is -2.55. The summed E-state index contributed by atoms with van der Waals surface area (Å²) in [7, 11) is 0. The number of nitrogens with one attached hydrogen (secondary N) is 1. The molecule has 1 spiro atoms. The highest BCUT2D eigenvalue weighted by Gasteiger charge is 2.41. The smallest absolute Gasteiger partial charge is 0.229 e. The number of aryl methyl sites for hydroxylation is 1. The van der Waals surface area contributed by atoms with E-state index < -0.39 is 0 Å². The molecule has 0 aliphatic carbocycles. The Balaban J connectivity index is 1.74. The third-order valence-corrected chi connectivity index (χ3v) is 5.85. The Kier molecular flexibility index (Phi) is 5.10. The molecule has 2 aliphatic heterocycles. The van der Waals surface area contributed by atoms with E-state index in [-0.39, 0.29) is 11.4 Å². The van der Waals surface area contributed by atoms with Gasteiger partial charge in [-0.2, -0.15) is 0 Å². The zero-order valence-corrected chi connectivity index (χ0v) is 14.1. The quantitative estimate of drug-likeness (QED) is 0.918. The minimum absolute atomic E-state index is 0.0115. The van der Waals surface area contributed by atoms with Crippen LogP contribution in [0, 0.1) is 0 Å². The standard InChI is InChI=1S/C16H25N3O2S/c1-2-14-18-13(12-22-14)11-15(20)19-8-7-17-6-3-16(19)4-9-21-10-5-16/h12,17H,2-11H2,1H3. The second-order valence-corrected chi connectivity index (χ2v) is 7.09. The normalized spacial score (nSPS) is 21.8. The summed E-state index contributed by atoms with van der Waals surface area (Å²) in [5.41, 5.74) is 0.911. The molecule has 6 heteroatoms. The molecule has 1 amide bonds. The molecule has 1 N–H and O–H groups in total. The fourth-order valence-corrected chi connectivity index (χ4v) is 4.26. The number of thiazole rings is 1. The Morgan fingerprint density at radius 3 is 2.95 bits per heavy atom. The fourth-order valence-electron chi connectivity index (χ4n) is 3.51. The first-order valence-electron chi connectivity index (χ1n) is 8.26. The highest BCUT2D eigenvalue weighted by atomic mass is 32.1. The monoisotopic (exact) mass is 323 g/mol. The van der Waals surface area contributed by atoms with Gasteiger partial charge >= 0.3 is 0 Å². The molecule has 22 heavy (non-hydrogen) atoms. The lowest BCUT2D eigenvalue weighted by molar-refractivity contribution is -0.141. The van der Waals surface area contributed by atoms with Crippen molar-refractivity contribution in [1.29, 1.82) is 0 Å². The van der Waals surface area contributed by atoms with E-state index >= 15 is 0 Å². The number of carbonyl (C=O) groups excluding carboxylic acids is 1. The van der Waals surface area contributed by atoms with Crippen LogP contribution >= 0.6 is 11.3 Å². The van der Waals surface area contributed by atoms with Gasteiger partial charge in [-0.15, -0.1) is 11.3 Å². The van der Waals surface area contributed by atoms with Gasteiger partial charge in [0.05, 0.1) is 17.1 Å². The van der Waals surface area contributed by atoms with Gasteiger partial charge in [-0.05, 0) is 32.2 Å². The van der Waals surface area contributed by atoms with Gasteiger partial charge in [0, 0.05) is 37.2 Å². The Bertz CT molecular complexity index is 511. The van der Waals surface area contributed by atoms with Crippen molar-refractivity contribution in [2.24, 2.45) is 0 Å². The second-order valence-electron chi connectivity index (χ2n) is 6.15. The van der Waals surface area contributed by atoms with Crippen LogP contribution in [0.4, 0.5) is 0 Å². The number of hydrogen-bond donors (Lipinski definition) is 1. The molecule has 0 atom stereocenters. The number of aromatic nitrogens is 1. The SMILES string of the molecule is CCc1nc(CC(=O)N2CCNCCC23CCOCC3)cs1. The van der Waals surface area contributed by atoms with Crippen LogP contribution in [0.1, 0.15) is 36.9 Å². The van der Waals surface area contributed by atoms with Gasteiger partial charge in [0.1, 0.15) is 0 Å². The highest BCUT2D eigenvalue weighted by Crippen LogP contribution is 2.32. The number of rotatable bonds is 3. The van der Waals surface area contributed by atoms with E-state index in [4.69, 9.17) is 4.74 Å². The van der Waals surface area contributed by atoms with Crippen molar-refractivity contribution in [2.75, 3.05) is 32.8 Å². The number of amides is 1. The molecule has 0 aromatic carbocycles. The topological polar surface area (TPSA) is 54.5 Å². The third kappa shape index (κ3) is 3.34. The van der Waals surface area contributed by atoms with Crippen molar-refractivity contribution >= 4 is 17.2 Å². The molecule has 3 rings (SSSR count). The summed E-state index contributed by atoms with van der Waals surface area (Å²) in [5.74, 6) is 0.221. The van der Waals surface area contributed by atoms with Crippen LogP contribution in [0.5, 0.6) is 0 Å². The first kappa shape index (κ1) is 15.9. The lowest BCUT2D eigenvalue weighted by Gasteiger charge is -2.45. The van der Waals surface area contributed by atoms with E-state index in [2.05, 4.69) is 22.1 Å². The Labute approximate surface area is 136 Å². The predicted octanol–water partition coefficient (Wildman–Crippen LogP) is 1.62. The summed E-state index contributed by atoms with van der Waals surface area (Å²) >= 11 is 1.66. The van der Waals surface area contributed by atoms with E-state index in [0.29, 0.717) is 6.42 Å². The molecule has 122 valence electrons. The van der Waals surface area contributed by atoms with Crippen LogP contribution in [0.25, 0.3) is 0 Å². The molecule has 0 radical (unpaired) electrons. The van der Waals surface area contributed by atoms with E-state index in [1.54, 1.807) is 11.3 Å². The maximum absolute atomic E-state index is 12.9. The summed E-state index contributed by atoms with van der Waals surface area (Å²) in [6, 6.07) is 0. The van der Waals surface area contributed by atoms with Crippen LogP contribution in [-0.4, -0.2) is 54.2 Å². The fraction of sp³-hybridized carbons (Fsp3) is 0.750. The van der Waals surface area contributed by atoms with E-state index in [0.717, 1.165) is 69.2 Å². The zero-order chi connectivity index (χ0) is 15.4. The number of ether oxygens (including phenoxy) is 1. The minimum Gasteiger partial charge on any atom is -0.381 e. The summed E-state index contributed by atoms with van der Waals surface area (Å²) < 4.78 is 5.53. The molecular weight excluding hydrogens is 298 g/mol. The van der Waals surface area contributed by atoms with Gasteiger partial charge in [0.25, 0.3) is 0 Å². The van der Waals surface area contributed by atoms with Gasteiger partial charge in [-0.1, -0.05) is 6.92 Å². The summed E-state index contributed by atoms with van der Waals surface area (Å²) in [4.78, 5) is 19.6. The third-order valence-electron chi connectivity index (χ3n) is 4.81. The van der Waals surface area contributed by atoms with Crippen LogP contribution in [-0.2, 0) is 22.4 Å². The number of carbonyl (C=O) groups is 1. The predicted molar refractivity (Wildman–Crippen MR) is 87.2 cm³/mol. The van der Waals surface area contributed by atoms with E-state index in [1.165, 1.54) is 0 Å².